The van der Waals surface area contributed by atoms with Crippen molar-refractivity contribution in [1.82, 2.24) is 0 Å². The van der Waals surface area contributed by atoms with Gasteiger partial charge in [-0.05, 0) is 85.7 Å². The fourth-order valence-electron chi connectivity index (χ4n) is 4.44. The van der Waals surface area contributed by atoms with E-state index in [2.05, 4.69) is 6.58 Å². The molecular formula is C37H44O6. The van der Waals surface area contributed by atoms with Crippen LogP contribution in [-0.2, 0) is 14.3 Å². The molecule has 0 unspecified atom stereocenters. The van der Waals surface area contributed by atoms with Gasteiger partial charge in [0.15, 0.2) is 6.61 Å². The third-order valence-corrected chi connectivity index (χ3v) is 7.06. The zero-order valence-electron chi connectivity index (χ0n) is 25.8. The average molecular weight is 585 g/mol. The molecule has 0 bridgehead atoms. The van der Waals surface area contributed by atoms with Crippen molar-refractivity contribution in [2.24, 2.45) is 0 Å². The van der Waals surface area contributed by atoms with Crippen LogP contribution in [0.15, 0.2) is 91.5 Å². The van der Waals surface area contributed by atoms with Crippen LogP contribution < -0.4 is 9.47 Å². The predicted molar refractivity (Wildman–Crippen MR) is 174 cm³/mol. The van der Waals surface area contributed by atoms with Gasteiger partial charge >= 0.3 is 5.97 Å². The Morgan fingerprint density at radius 2 is 1.35 bits per heavy atom. The summed E-state index contributed by atoms with van der Waals surface area (Å²) >= 11 is 0. The van der Waals surface area contributed by atoms with E-state index in [-0.39, 0.29) is 23.9 Å². The summed E-state index contributed by atoms with van der Waals surface area (Å²) < 4.78 is 22.0. The van der Waals surface area contributed by atoms with Crippen molar-refractivity contribution in [1.29, 1.82) is 0 Å². The highest BCUT2D eigenvalue weighted by Crippen LogP contribution is 2.31. The molecule has 228 valence electrons. The Morgan fingerprint density at radius 3 is 1.88 bits per heavy atom. The van der Waals surface area contributed by atoms with Crippen molar-refractivity contribution in [3.05, 3.63) is 108 Å². The van der Waals surface area contributed by atoms with Gasteiger partial charge < -0.3 is 24.1 Å². The van der Waals surface area contributed by atoms with Gasteiger partial charge in [-0.1, -0.05) is 79.8 Å². The number of hydrogen-bond acceptors (Lipinski definition) is 6. The van der Waals surface area contributed by atoms with Gasteiger partial charge in [0.25, 0.3) is 0 Å². The van der Waals surface area contributed by atoms with E-state index < -0.39 is 5.79 Å². The molecule has 1 aliphatic carbocycles. The molecule has 1 N–H and O–H groups in total. The van der Waals surface area contributed by atoms with Gasteiger partial charge in [0.1, 0.15) is 22.8 Å². The van der Waals surface area contributed by atoms with E-state index in [1.54, 1.807) is 25.3 Å². The van der Waals surface area contributed by atoms with Crippen molar-refractivity contribution in [2.45, 2.75) is 64.3 Å². The van der Waals surface area contributed by atoms with Crippen LogP contribution in [0.3, 0.4) is 0 Å². The van der Waals surface area contributed by atoms with Gasteiger partial charge in [-0.25, -0.2) is 4.79 Å². The summed E-state index contributed by atoms with van der Waals surface area (Å²) in [6.07, 6.45) is 15.1. The smallest absolute Gasteiger partial charge is 0.344 e. The molecule has 0 radical (unpaired) electrons. The Balaban J connectivity index is 0.000000238. The Kier molecular flexibility index (Phi) is 12.6. The highest BCUT2D eigenvalue weighted by Gasteiger charge is 2.30. The Hall–Kier alpha value is -4.29. The van der Waals surface area contributed by atoms with Crippen LogP contribution in [0.2, 0.25) is 0 Å². The summed E-state index contributed by atoms with van der Waals surface area (Å²) in [4.78, 5) is 11.8. The number of hydrogen-bond donors (Lipinski definition) is 1. The van der Waals surface area contributed by atoms with E-state index in [9.17, 15) is 9.90 Å². The number of allylic oxidation sites excluding steroid dienone is 2. The topological polar surface area (TPSA) is 74.2 Å². The molecule has 0 saturated heterocycles. The van der Waals surface area contributed by atoms with E-state index in [0.29, 0.717) is 5.75 Å². The monoisotopic (exact) mass is 584 g/mol. The first-order valence-corrected chi connectivity index (χ1v) is 14.6. The normalized spacial score (nSPS) is 14.5. The maximum absolute atomic E-state index is 11.8. The maximum atomic E-state index is 11.8. The van der Waals surface area contributed by atoms with Crippen LogP contribution in [0.4, 0.5) is 0 Å². The molecule has 0 atom stereocenters. The number of benzene rings is 3. The van der Waals surface area contributed by atoms with Gasteiger partial charge in [-0.2, -0.15) is 0 Å². The first-order chi connectivity index (χ1) is 20.6. The molecule has 43 heavy (non-hydrogen) atoms. The van der Waals surface area contributed by atoms with Gasteiger partial charge in [0.05, 0.1) is 0 Å². The van der Waals surface area contributed by atoms with Gasteiger partial charge in [0.2, 0.25) is 5.79 Å². The summed E-state index contributed by atoms with van der Waals surface area (Å²) in [7, 11) is 1.62. The molecular weight excluding hydrogens is 540 g/mol. The van der Waals surface area contributed by atoms with Crippen LogP contribution in [0.25, 0.3) is 18.2 Å². The van der Waals surface area contributed by atoms with Crippen molar-refractivity contribution in [3.63, 3.8) is 0 Å². The van der Waals surface area contributed by atoms with E-state index in [1.807, 2.05) is 106 Å². The number of esters is 1. The first-order valence-electron chi connectivity index (χ1n) is 14.6. The number of rotatable bonds is 11. The highest BCUT2D eigenvalue weighted by molar-refractivity contribution is 5.71. The van der Waals surface area contributed by atoms with E-state index in [1.165, 1.54) is 6.42 Å². The van der Waals surface area contributed by atoms with Crippen molar-refractivity contribution >= 4 is 24.2 Å². The zero-order chi connectivity index (χ0) is 31.1. The Morgan fingerprint density at radius 1 is 0.837 bits per heavy atom. The predicted octanol–water partition coefficient (Wildman–Crippen LogP) is 8.85. The molecule has 0 heterocycles. The fraction of sp³-hybridized carbons (Fsp3) is 0.324. The third kappa shape index (κ3) is 12.2. The second-order valence-electron chi connectivity index (χ2n) is 11.1. The molecule has 4 rings (SSSR count). The highest BCUT2D eigenvalue weighted by atomic mass is 16.7. The fourth-order valence-corrected chi connectivity index (χ4v) is 4.44. The van der Waals surface area contributed by atoms with Crippen molar-refractivity contribution in [3.8, 4) is 17.2 Å². The average Bonchev–Trinajstić information content (AvgIpc) is 3.00. The molecule has 6 heteroatoms. The number of methoxy groups -OCH3 is 1. The number of carbonyl (C=O) groups excluding carboxylic acids is 1. The summed E-state index contributed by atoms with van der Waals surface area (Å²) in [6, 6.07) is 22.3. The van der Waals surface area contributed by atoms with Gasteiger partial charge in [0, 0.05) is 21.0 Å². The van der Waals surface area contributed by atoms with Crippen LogP contribution in [0.1, 0.15) is 69.6 Å². The Bertz CT molecular complexity index is 1330. The molecule has 6 nitrogen and oxygen atoms in total. The molecule has 0 aromatic heterocycles. The van der Waals surface area contributed by atoms with E-state index in [0.717, 1.165) is 48.1 Å². The van der Waals surface area contributed by atoms with Gasteiger partial charge in [-0.15, -0.1) is 0 Å². The van der Waals surface area contributed by atoms with Crippen molar-refractivity contribution in [2.75, 3.05) is 13.7 Å². The standard InChI is InChI=1S/C20H22O3.C17H22O3/c1-20(2,22-3)23-19-14-10-17(11-15-19)7-5-4-6-16-8-12-18(21)13-9-16;1-3-14-7-9-15(10-8-14)19-13-16(18)20-17(2)11-5-4-6-12-17/h4-15,21H,1-3H3;3,7-10H,1,4-6,11-13H2,2H3. The second kappa shape index (κ2) is 16.4. The summed E-state index contributed by atoms with van der Waals surface area (Å²) in [5.74, 6) is 0.790. The van der Waals surface area contributed by atoms with Crippen molar-refractivity contribution < 1.29 is 28.8 Å². The molecule has 1 fully saturated rings. The zero-order valence-corrected chi connectivity index (χ0v) is 25.8. The molecule has 0 spiro atoms. The lowest BCUT2D eigenvalue weighted by atomic mass is 9.86. The molecule has 3 aromatic carbocycles. The number of phenols is 1. The number of ether oxygens (including phenoxy) is 4. The summed E-state index contributed by atoms with van der Waals surface area (Å²) in [5.41, 5.74) is 2.85. The lowest BCUT2D eigenvalue weighted by Gasteiger charge is -2.33. The minimum absolute atomic E-state index is 0.0387. The molecule has 1 aliphatic rings. The molecule has 1 saturated carbocycles. The molecule has 0 amide bonds. The Labute approximate surface area is 256 Å². The lowest BCUT2D eigenvalue weighted by Crippen LogP contribution is -2.35. The largest absolute Gasteiger partial charge is 0.508 e. The maximum Gasteiger partial charge on any atom is 0.344 e. The van der Waals surface area contributed by atoms with E-state index >= 15 is 0 Å². The SMILES string of the molecule is C=Cc1ccc(OCC(=O)OC2(C)CCCCC2)cc1.COC(C)(C)Oc1ccc(C=CC=Cc2ccc(O)cc2)cc1. The first kappa shape index (κ1) is 33.2. The van der Waals surface area contributed by atoms with Crippen LogP contribution in [-0.4, -0.2) is 36.2 Å². The number of carbonyl (C=O) groups is 1. The van der Waals surface area contributed by atoms with E-state index in [4.69, 9.17) is 18.9 Å². The minimum Gasteiger partial charge on any atom is -0.508 e. The summed E-state index contributed by atoms with van der Waals surface area (Å²) in [6.45, 7) is 9.41. The second-order valence-corrected chi connectivity index (χ2v) is 11.1. The van der Waals surface area contributed by atoms with Gasteiger partial charge in [-0.3, -0.25) is 0 Å². The molecule has 0 aliphatic heterocycles. The molecule has 3 aromatic rings. The third-order valence-electron chi connectivity index (χ3n) is 7.06. The van der Waals surface area contributed by atoms with Crippen LogP contribution in [0.5, 0.6) is 17.2 Å². The lowest BCUT2D eigenvalue weighted by molar-refractivity contribution is -0.163. The quantitative estimate of drug-likeness (QED) is 0.138. The van der Waals surface area contributed by atoms with Crippen LogP contribution >= 0.6 is 0 Å². The summed E-state index contributed by atoms with van der Waals surface area (Å²) in [5, 5.41) is 9.23. The number of phenolic OH excluding ortho intramolecular Hbond substituents is 1. The minimum atomic E-state index is -0.635. The number of aromatic hydroxyl groups is 1. The van der Waals surface area contributed by atoms with Crippen LogP contribution in [0, 0.1) is 0 Å².